The summed E-state index contributed by atoms with van der Waals surface area (Å²) in [6, 6.07) is 12.2. The molecule has 0 unspecified atom stereocenters. The number of amides is 2. The van der Waals surface area contributed by atoms with Gasteiger partial charge in [-0.1, -0.05) is 12.1 Å². The summed E-state index contributed by atoms with van der Waals surface area (Å²) < 4.78 is 19.1. The van der Waals surface area contributed by atoms with Gasteiger partial charge >= 0.3 is 6.09 Å². The molecular formula is C27H29FN4O3. The summed E-state index contributed by atoms with van der Waals surface area (Å²) in [6.45, 7) is 7.69. The Labute approximate surface area is 204 Å². The fourth-order valence-electron chi connectivity index (χ4n) is 4.17. The molecule has 2 N–H and O–H groups in total. The van der Waals surface area contributed by atoms with Crippen molar-refractivity contribution < 1.29 is 18.7 Å². The maximum absolute atomic E-state index is 13.9. The molecule has 2 heterocycles. The number of aromatic nitrogens is 1. The van der Waals surface area contributed by atoms with Crippen LogP contribution in [-0.2, 0) is 11.3 Å². The Morgan fingerprint density at radius 3 is 2.57 bits per heavy atom. The van der Waals surface area contributed by atoms with Crippen molar-refractivity contribution in [3.8, 4) is 11.3 Å². The molecule has 1 saturated heterocycles. The van der Waals surface area contributed by atoms with E-state index in [0.717, 1.165) is 16.5 Å². The Morgan fingerprint density at radius 2 is 1.86 bits per heavy atom. The third-order valence-corrected chi connectivity index (χ3v) is 6.20. The second kappa shape index (κ2) is 10.7. The van der Waals surface area contributed by atoms with Gasteiger partial charge in [-0.15, -0.1) is 6.58 Å². The molecule has 182 valence electrons. The molecular weight excluding hydrogens is 447 g/mol. The van der Waals surface area contributed by atoms with E-state index in [4.69, 9.17) is 15.5 Å². The van der Waals surface area contributed by atoms with E-state index in [1.54, 1.807) is 40.1 Å². The Hall–Kier alpha value is -3.78. The van der Waals surface area contributed by atoms with Crippen LogP contribution in [0.15, 0.2) is 55.1 Å². The largest absolute Gasteiger partial charge is 0.449 e. The lowest BCUT2D eigenvalue weighted by molar-refractivity contribution is 0.0564. The fourth-order valence-corrected chi connectivity index (χ4v) is 4.17. The van der Waals surface area contributed by atoms with Crippen molar-refractivity contribution in [2.45, 2.75) is 19.9 Å². The van der Waals surface area contributed by atoms with Crippen molar-refractivity contribution in [2.75, 3.05) is 32.8 Å². The van der Waals surface area contributed by atoms with E-state index in [-0.39, 0.29) is 24.4 Å². The normalized spacial score (nSPS) is 13.7. The van der Waals surface area contributed by atoms with Gasteiger partial charge in [-0.25, -0.2) is 14.2 Å². The second-order valence-corrected chi connectivity index (χ2v) is 8.54. The predicted molar refractivity (Wildman–Crippen MR) is 133 cm³/mol. The number of nitrogens with zero attached hydrogens (tertiary/aromatic N) is 3. The number of piperazine rings is 1. The molecule has 1 aliphatic rings. The van der Waals surface area contributed by atoms with Gasteiger partial charge < -0.3 is 20.3 Å². The van der Waals surface area contributed by atoms with Gasteiger partial charge in [-0.05, 0) is 55.3 Å². The van der Waals surface area contributed by atoms with Crippen LogP contribution in [0.5, 0.6) is 0 Å². The minimum Gasteiger partial charge on any atom is -0.449 e. The monoisotopic (exact) mass is 476 g/mol. The lowest BCUT2D eigenvalue weighted by atomic mass is 10.0. The van der Waals surface area contributed by atoms with E-state index < -0.39 is 0 Å². The van der Waals surface area contributed by atoms with Crippen LogP contribution in [0.1, 0.15) is 27.9 Å². The molecule has 0 bridgehead atoms. The summed E-state index contributed by atoms with van der Waals surface area (Å²) in [7, 11) is 0. The van der Waals surface area contributed by atoms with Crippen LogP contribution in [0, 0.1) is 12.7 Å². The van der Waals surface area contributed by atoms with E-state index >= 15 is 0 Å². The summed E-state index contributed by atoms with van der Waals surface area (Å²) in [4.78, 5) is 33.4. The van der Waals surface area contributed by atoms with Crippen LogP contribution in [-0.4, -0.2) is 59.6 Å². The van der Waals surface area contributed by atoms with E-state index in [1.165, 1.54) is 6.07 Å². The summed E-state index contributed by atoms with van der Waals surface area (Å²) in [5.41, 5.74) is 9.77. The molecule has 0 radical (unpaired) electrons. The highest BCUT2D eigenvalue weighted by atomic mass is 19.1. The van der Waals surface area contributed by atoms with Crippen molar-refractivity contribution in [2.24, 2.45) is 5.73 Å². The number of aryl methyl sites for hydroxylation is 1. The van der Waals surface area contributed by atoms with Gasteiger partial charge in [0.1, 0.15) is 5.82 Å². The Morgan fingerprint density at radius 1 is 1.11 bits per heavy atom. The van der Waals surface area contributed by atoms with Gasteiger partial charge in [0.2, 0.25) is 0 Å². The van der Waals surface area contributed by atoms with Crippen LogP contribution < -0.4 is 5.73 Å². The molecule has 1 aliphatic heterocycles. The van der Waals surface area contributed by atoms with Crippen LogP contribution in [0.3, 0.4) is 0 Å². The Bertz CT molecular complexity index is 1270. The topological polar surface area (TPSA) is 88.8 Å². The standard InChI is InChI=1S/C27H29FN4O3/c1-3-4-13-35-27(34)32-11-9-31(10-12-32)26(33)20-5-7-22-18(2)14-24(30-25(22)16-20)19-6-8-23(28)21(15-19)17-29/h3,5-8,14-16H,1,4,9-13,17,29H2,2H3. The van der Waals surface area contributed by atoms with Gasteiger partial charge in [0.15, 0.2) is 0 Å². The fraction of sp³-hybridized carbons (Fsp3) is 0.296. The molecule has 0 saturated carbocycles. The van der Waals surface area contributed by atoms with Gasteiger partial charge in [0.05, 0.1) is 17.8 Å². The van der Waals surface area contributed by atoms with Crippen LogP contribution in [0.25, 0.3) is 22.2 Å². The first-order valence-electron chi connectivity index (χ1n) is 11.6. The molecule has 0 atom stereocenters. The second-order valence-electron chi connectivity index (χ2n) is 8.54. The molecule has 2 amide bonds. The highest BCUT2D eigenvalue weighted by Gasteiger charge is 2.26. The van der Waals surface area contributed by atoms with Crippen molar-refractivity contribution in [3.05, 3.63) is 77.6 Å². The van der Waals surface area contributed by atoms with E-state index in [2.05, 4.69) is 6.58 Å². The van der Waals surface area contributed by atoms with Crippen LogP contribution in [0.4, 0.5) is 9.18 Å². The molecule has 1 aromatic heterocycles. The summed E-state index contributed by atoms with van der Waals surface area (Å²) in [5, 5.41) is 0.943. The molecule has 8 heteroatoms. The summed E-state index contributed by atoms with van der Waals surface area (Å²) >= 11 is 0. The number of ether oxygens (including phenoxy) is 1. The maximum Gasteiger partial charge on any atom is 0.409 e. The first-order valence-corrected chi connectivity index (χ1v) is 11.6. The predicted octanol–water partition coefficient (Wildman–Crippen LogP) is 4.28. The van der Waals surface area contributed by atoms with E-state index in [1.807, 2.05) is 19.1 Å². The lowest BCUT2D eigenvalue weighted by Gasteiger charge is -2.34. The number of carbonyl (C=O) groups is 2. The van der Waals surface area contributed by atoms with Crippen molar-refractivity contribution >= 4 is 22.9 Å². The molecule has 35 heavy (non-hydrogen) atoms. The van der Waals surface area contributed by atoms with E-state index in [0.29, 0.717) is 61.5 Å². The molecule has 7 nitrogen and oxygen atoms in total. The SMILES string of the molecule is C=CCCOC(=O)N1CCN(C(=O)c2ccc3c(C)cc(-c4ccc(F)c(CN)c4)nc3c2)CC1. The zero-order valence-corrected chi connectivity index (χ0v) is 19.8. The Kier molecular flexibility index (Phi) is 7.41. The molecule has 3 aromatic rings. The van der Waals surface area contributed by atoms with Crippen molar-refractivity contribution in [1.82, 2.24) is 14.8 Å². The number of nitrogens with two attached hydrogens (primary N) is 1. The highest BCUT2D eigenvalue weighted by Crippen LogP contribution is 2.27. The Balaban J connectivity index is 1.52. The molecule has 0 aliphatic carbocycles. The first kappa shape index (κ1) is 24.3. The quantitative estimate of drug-likeness (QED) is 0.424. The molecule has 4 rings (SSSR count). The number of pyridine rings is 1. The minimum atomic E-state index is -0.365. The third kappa shape index (κ3) is 5.33. The van der Waals surface area contributed by atoms with Gasteiger partial charge in [-0.2, -0.15) is 0 Å². The maximum atomic E-state index is 13.9. The van der Waals surface area contributed by atoms with Gasteiger partial charge in [-0.3, -0.25) is 4.79 Å². The van der Waals surface area contributed by atoms with Crippen molar-refractivity contribution in [3.63, 3.8) is 0 Å². The summed E-state index contributed by atoms with van der Waals surface area (Å²) in [6.07, 6.45) is 1.94. The molecule has 2 aromatic carbocycles. The molecule has 1 fully saturated rings. The van der Waals surface area contributed by atoms with E-state index in [9.17, 15) is 14.0 Å². The number of hydrogen-bond acceptors (Lipinski definition) is 5. The lowest BCUT2D eigenvalue weighted by Crippen LogP contribution is -2.50. The smallest absolute Gasteiger partial charge is 0.409 e. The zero-order chi connectivity index (χ0) is 24.9. The highest BCUT2D eigenvalue weighted by molar-refractivity contribution is 5.98. The van der Waals surface area contributed by atoms with Crippen LogP contribution >= 0.6 is 0 Å². The number of carbonyl (C=O) groups excluding carboxylic acids is 2. The summed E-state index contributed by atoms with van der Waals surface area (Å²) in [5.74, 6) is -0.449. The average molecular weight is 477 g/mol. The number of hydrogen-bond donors (Lipinski definition) is 1. The zero-order valence-electron chi connectivity index (χ0n) is 19.8. The number of rotatable bonds is 6. The van der Waals surface area contributed by atoms with Crippen molar-refractivity contribution in [1.29, 1.82) is 0 Å². The number of fused-ring (bicyclic) bond motifs is 1. The number of halogens is 1. The molecule has 0 spiro atoms. The first-order chi connectivity index (χ1) is 16.9. The average Bonchev–Trinajstić information content (AvgIpc) is 2.88. The van der Waals surface area contributed by atoms with Crippen LogP contribution in [0.2, 0.25) is 0 Å². The minimum absolute atomic E-state index is 0.102. The van der Waals surface area contributed by atoms with Gasteiger partial charge in [0, 0.05) is 54.8 Å². The van der Waals surface area contributed by atoms with Gasteiger partial charge in [0.25, 0.3) is 5.91 Å². The third-order valence-electron chi connectivity index (χ3n) is 6.20. The number of benzene rings is 2.